The van der Waals surface area contributed by atoms with Gasteiger partial charge in [0, 0.05) is 11.1 Å². The van der Waals surface area contributed by atoms with Crippen molar-refractivity contribution in [2.24, 2.45) is 4.99 Å². The van der Waals surface area contributed by atoms with E-state index >= 15 is 0 Å². The molecule has 1 atom stereocenters. The second kappa shape index (κ2) is 9.82. The zero-order valence-corrected chi connectivity index (χ0v) is 20.2. The van der Waals surface area contributed by atoms with E-state index in [0.29, 0.717) is 11.3 Å². The number of phenolic OH excluding ortho intramolecular Hbond substituents is 1. The summed E-state index contributed by atoms with van der Waals surface area (Å²) in [5, 5.41) is 21.1. The molecular formula is C23H15ClF3N3O6S. The number of aromatic hydroxyl groups is 1. The third kappa shape index (κ3) is 5.00. The summed E-state index contributed by atoms with van der Waals surface area (Å²) in [7, 11) is 0. The molecule has 0 unspecified atom stereocenters. The van der Waals surface area contributed by atoms with Gasteiger partial charge in [-0.3, -0.25) is 19.5 Å². The van der Waals surface area contributed by atoms with Crippen molar-refractivity contribution >= 4 is 40.7 Å². The molecule has 37 heavy (non-hydrogen) atoms. The standard InChI is InChI=1S/C23H15ClF3N3O6S/c1-2-36-21(33)17-18(12-4-6-13(24)7-5-12)29-20(32)16(37-22(29)28-19(17)23(25,26)27)10-11-3-8-15(31)14(9-11)30(34)35/h3-10,18,31H,2H2,1H3/b16-10-/t18-/m1/s1. The third-order valence-electron chi connectivity index (χ3n) is 5.27. The number of phenols is 1. The first-order chi connectivity index (χ1) is 17.4. The first kappa shape index (κ1) is 26.1. The number of ether oxygens (including phenoxy) is 1. The second-order valence-corrected chi connectivity index (χ2v) is 9.07. The van der Waals surface area contributed by atoms with Gasteiger partial charge in [-0.05, 0) is 42.3 Å². The van der Waals surface area contributed by atoms with Crippen molar-refractivity contribution < 1.29 is 32.7 Å². The van der Waals surface area contributed by atoms with Crippen LogP contribution >= 0.6 is 22.9 Å². The molecule has 1 aliphatic rings. The highest BCUT2D eigenvalue weighted by Crippen LogP contribution is 2.38. The number of halogens is 4. The molecule has 0 saturated carbocycles. The molecule has 0 amide bonds. The maximum absolute atomic E-state index is 14.1. The van der Waals surface area contributed by atoms with Gasteiger partial charge in [0.1, 0.15) is 0 Å². The molecule has 192 valence electrons. The van der Waals surface area contributed by atoms with Gasteiger partial charge in [0.05, 0.1) is 27.7 Å². The summed E-state index contributed by atoms with van der Waals surface area (Å²) >= 11 is 6.54. The normalized spacial score (nSPS) is 15.8. The molecule has 4 rings (SSSR count). The van der Waals surface area contributed by atoms with Gasteiger partial charge in [-0.2, -0.15) is 13.2 Å². The number of aromatic nitrogens is 1. The Labute approximate surface area is 214 Å². The minimum atomic E-state index is -5.06. The summed E-state index contributed by atoms with van der Waals surface area (Å²) in [6.07, 6.45) is -3.84. The number of fused-ring (bicyclic) bond motifs is 1. The van der Waals surface area contributed by atoms with E-state index in [9.17, 15) is 38.0 Å². The Morgan fingerprint density at radius 2 is 1.97 bits per heavy atom. The Kier molecular flexibility index (Phi) is 6.93. The molecule has 2 aromatic carbocycles. The fraction of sp³-hybridized carbons (Fsp3) is 0.174. The van der Waals surface area contributed by atoms with Gasteiger partial charge >= 0.3 is 17.8 Å². The maximum atomic E-state index is 14.1. The molecule has 9 nitrogen and oxygen atoms in total. The van der Waals surface area contributed by atoms with E-state index in [2.05, 4.69) is 4.99 Å². The summed E-state index contributed by atoms with van der Waals surface area (Å²) < 4.78 is 48.0. The van der Waals surface area contributed by atoms with Crippen LogP contribution in [0.1, 0.15) is 24.1 Å². The van der Waals surface area contributed by atoms with Crippen LogP contribution in [0, 0.1) is 10.1 Å². The van der Waals surface area contributed by atoms with Crippen LogP contribution < -0.4 is 14.9 Å². The highest BCUT2D eigenvalue weighted by Gasteiger charge is 2.45. The molecular weight excluding hydrogens is 539 g/mol. The second-order valence-electron chi connectivity index (χ2n) is 7.62. The number of benzene rings is 2. The summed E-state index contributed by atoms with van der Waals surface area (Å²) in [5.74, 6) is -1.89. The topological polar surface area (TPSA) is 124 Å². The van der Waals surface area contributed by atoms with E-state index in [4.69, 9.17) is 16.3 Å². The predicted octanol–water partition coefficient (Wildman–Crippen LogP) is 3.61. The van der Waals surface area contributed by atoms with Gasteiger partial charge in [-0.1, -0.05) is 41.1 Å². The van der Waals surface area contributed by atoms with Gasteiger partial charge in [0.25, 0.3) is 5.56 Å². The number of hydrogen-bond acceptors (Lipinski definition) is 8. The van der Waals surface area contributed by atoms with Crippen molar-refractivity contribution in [3.63, 3.8) is 0 Å². The number of rotatable bonds is 5. The molecule has 0 fully saturated rings. The van der Waals surface area contributed by atoms with Crippen LogP contribution in [0.3, 0.4) is 0 Å². The molecule has 0 radical (unpaired) electrons. The number of hydrogen-bond donors (Lipinski definition) is 1. The third-order valence-corrected chi connectivity index (χ3v) is 6.51. The van der Waals surface area contributed by atoms with E-state index in [1.165, 1.54) is 43.3 Å². The Morgan fingerprint density at radius 3 is 2.57 bits per heavy atom. The number of alkyl halides is 3. The number of nitrogens with zero attached hydrogens (tertiary/aromatic N) is 3. The van der Waals surface area contributed by atoms with Crippen molar-refractivity contribution in [1.82, 2.24) is 4.57 Å². The van der Waals surface area contributed by atoms with Crippen LogP contribution in [0.15, 0.2) is 63.5 Å². The van der Waals surface area contributed by atoms with Crippen LogP contribution in [0.4, 0.5) is 18.9 Å². The largest absolute Gasteiger partial charge is 0.502 e. The smallest absolute Gasteiger partial charge is 0.434 e. The fourth-order valence-electron chi connectivity index (χ4n) is 3.73. The number of carbonyl (C=O) groups excluding carboxylic acids is 1. The zero-order chi connectivity index (χ0) is 27.1. The lowest BCUT2D eigenvalue weighted by molar-refractivity contribution is -0.385. The fourth-order valence-corrected chi connectivity index (χ4v) is 4.86. The van der Waals surface area contributed by atoms with Crippen molar-refractivity contribution in [2.75, 3.05) is 6.61 Å². The molecule has 3 aromatic rings. The average Bonchev–Trinajstić information content (AvgIpc) is 3.14. The molecule has 0 saturated heterocycles. The molecule has 14 heteroatoms. The lowest BCUT2D eigenvalue weighted by Crippen LogP contribution is -2.41. The van der Waals surface area contributed by atoms with Crippen LogP contribution in [0.2, 0.25) is 5.02 Å². The van der Waals surface area contributed by atoms with Crippen LogP contribution in [0.5, 0.6) is 5.75 Å². The maximum Gasteiger partial charge on any atom is 0.434 e. The highest BCUT2D eigenvalue weighted by atomic mass is 35.5. The number of thiazole rings is 1. The van der Waals surface area contributed by atoms with E-state index in [-0.39, 0.29) is 32.1 Å². The molecule has 1 aromatic heterocycles. The first-order valence-electron chi connectivity index (χ1n) is 10.5. The summed E-state index contributed by atoms with van der Waals surface area (Å²) in [6, 6.07) is 7.38. The van der Waals surface area contributed by atoms with E-state index in [1.54, 1.807) is 0 Å². The summed E-state index contributed by atoms with van der Waals surface area (Å²) in [4.78, 5) is 39.8. The van der Waals surface area contributed by atoms with Crippen LogP contribution in [-0.2, 0) is 9.53 Å². The minimum absolute atomic E-state index is 0.107. The number of allylic oxidation sites excluding steroid dienone is 1. The Balaban J connectivity index is 2.03. The number of nitro benzene ring substituents is 1. The lowest BCUT2D eigenvalue weighted by atomic mass is 9.95. The van der Waals surface area contributed by atoms with Crippen molar-refractivity contribution in [2.45, 2.75) is 19.1 Å². The van der Waals surface area contributed by atoms with Gasteiger partial charge in [-0.15, -0.1) is 0 Å². The Morgan fingerprint density at radius 1 is 1.30 bits per heavy atom. The lowest BCUT2D eigenvalue weighted by Gasteiger charge is -2.26. The van der Waals surface area contributed by atoms with Gasteiger partial charge in [0.2, 0.25) is 0 Å². The van der Waals surface area contributed by atoms with Crippen LogP contribution in [-0.4, -0.2) is 33.3 Å². The van der Waals surface area contributed by atoms with Gasteiger partial charge < -0.3 is 9.84 Å². The van der Waals surface area contributed by atoms with E-state index < -0.39 is 51.4 Å². The van der Waals surface area contributed by atoms with Gasteiger partial charge in [0.15, 0.2) is 16.2 Å². The summed E-state index contributed by atoms with van der Waals surface area (Å²) in [5.41, 5.74) is -3.49. The van der Waals surface area contributed by atoms with E-state index in [1.807, 2.05) is 0 Å². The SMILES string of the molecule is CCOC(=O)C1=C(C(F)(F)F)N=c2s/c(=C\c3ccc(O)c([N+](=O)[O-])c3)c(=O)n2[C@@H]1c1ccc(Cl)cc1. The van der Waals surface area contributed by atoms with Crippen molar-refractivity contribution in [3.8, 4) is 5.75 Å². The Hall–Kier alpha value is -3.97. The zero-order valence-electron chi connectivity index (χ0n) is 18.7. The number of nitro groups is 1. The Bertz CT molecular complexity index is 1630. The molecule has 0 bridgehead atoms. The monoisotopic (exact) mass is 553 g/mol. The predicted molar refractivity (Wildman–Crippen MR) is 127 cm³/mol. The number of carbonyl (C=O) groups is 1. The van der Waals surface area contributed by atoms with Crippen molar-refractivity contribution in [3.05, 3.63) is 99.7 Å². The minimum Gasteiger partial charge on any atom is -0.502 e. The number of esters is 1. The molecule has 1 N–H and O–H groups in total. The van der Waals surface area contributed by atoms with Crippen molar-refractivity contribution in [1.29, 1.82) is 0 Å². The van der Waals surface area contributed by atoms with Gasteiger partial charge in [-0.25, -0.2) is 9.79 Å². The first-order valence-corrected chi connectivity index (χ1v) is 11.6. The molecule has 0 spiro atoms. The quantitative estimate of drug-likeness (QED) is 0.292. The van der Waals surface area contributed by atoms with Crippen LogP contribution in [0.25, 0.3) is 6.08 Å². The average molecular weight is 554 g/mol. The summed E-state index contributed by atoms with van der Waals surface area (Å²) in [6.45, 7) is 1.21. The molecule has 1 aliphatic heterocycles. The molecule has 0 aliphatic carbocycles. The van der Waals surface area contributed by atoms with E-state index in [0.717, 1.165) is 16.7 Å². The highest BCUT2D eigenvalue weighted by molar-refractivity contribution is 7.07. The molecule has 2 heterocycles.